The van der Waals surface area contributed by atoms with Gasteiger partial charge in [-0.1, -0.05) is 37.6 Å². The number of carbonyl (C=O) groups is 1. The summed E-state index contributed by atoms with van der Waals surface area (Å²) in [5, 5.41) is 3.47. The molecule has 0 N–H and O–H groups in total. The fourth-order valence-corrected chi connectivity index (χ4v) is 3.01. The zero-order valence-corrected chi connectivity index (χ0v) is 15.5. The van der Waals surface area contributed by atoms with Gasteiger partial charge in [-0.25, -0.2) is 13.5 Å². The van der Waals surface area contributed by atoms with E-state index in [9.17, 15) is 18.0 Å². The number of halogens is 3. The van der Waals surface area contributed by atoms with E-state index in [-0.39, 0.29) is 6.54 Å². The molecule has 0 bridgehead atoms. The quantitative estimate of drug-likeness (QED) is 0.727. The Morgan fingerprint density at radius 2 is 1.96 bits per heavy atom. The zero-order chi connectivity index (χ0) is 19.4. The Morgan fingerprint density at radius 1 is 1.27 bits per heavy atom. The molecule has 1 amide bonds. The van der Waals surface area contributed by atoms with Crippen LogP contribution in [0.15, 0.2) is 18.2 Å². The summed E-state index contributed by atoms with van der Waals surface area (Å²) in [5.74, 6) is -1.79. The van der Waals surface area contributed by atoms with Crippen LogP contribution in [0.5, 0.6) is 0 Å². The molecule has 0 unspecified atom stereocenters. The summed E-state index contributed by atoms with van der Waals surface area (Å²) >= 11 is 0. The molecule has 0 radical (unpaired) electrons. The Labute approximate surface area is 151 Å². The summed E-state index contributed by atoms with van der Waals surface area (Å²) in [7, 11) is 1.21. The number of nitrogens with zero attached hydrogens (tertiary/aromatic N) is 3. The van der Waals surface area contributed by atoms with Crippen molar-refractivity contribution >= 4 is 5.91 Å². The molecule has 1 heterocycles. The lowest BCUT2D eigenvalue weighted by molar-refractivity contribution is 0.0725. The van der Waals surface area contributed by atoms with Gasteiger partial charge in [0.1, 0.15) is 11.3 Å². The lowest BCUT2D eigenvalue weighted by Crippen LogP contribution is -2.33. The van der Waals surface area contributed by atoms with Crippen LogP contribution in [0.3, 0.4) is 0 Å². The number of aryl methyl sites for hydroxylation is 3. The second-order valence-corrected chi connectivity index (χ2v) is 6.33. The van der Waals surface area contributed by atoms with Crippen molar-refractivity contribution in [2.45, 2.75) is 46.6 Å². The molecular formula is C19H24F3N3O. The van der Waals surface area contributed by atoms with Gasteiger partial charge in [-0.3, -0.25) is 4.79 Å². The first-order valence-electron chi connectivity index (χ1n) is 8.68. The molecule has 2 rings (SSSR count). The lowest BCUT2D eigenvalue weighted by Gasteiger charge is -2.24. The van der Waals surface area contributed by atoms with Crippen molar-refractivity contribution in [3.63, 3.8) is 0 Å². The summed E-state index contributed by atoms with van der Waals surface area (Å²) in [6, 6.07) is 5.96. The van der Waals surface area contributed by atoms with Crippen LogP contribution in [0.2, 0.25) is 0 Å². The summed E-state index contributed by atoms with van der Waals surface area (Å²) < 4.78 is 41.4. The molecule has 0 aliphatic carbocycles. The highest BCUT2D eigenvalue weighted by atomic mass is 19.3. The van der Waals surface area contributed by atoms with E-state index in [0.29, 0.717) is 17.6 Å². The first kappa shape index (κ1) is 20.0. The van der Waals surface area contributed by atoms with Crippen molar-refractivity contribution in [3.05, 3.63) is 52.1 Å². The van der Waals surface area contributed by atoms with E-state index in [4.69, 9.17) is 0 Å². The van der Waals surface area contributed by atoms with Gasteiger partial charge in [-0.15, -0.1) is 0 Å². The second-order valence-electron chi connectivity index (χ2n) is 6.33. The van der Waals surface area contributed by atoms with Gasteiger partial charge in [-0.2, -0.15) is 9.49 Å². The maximum Gasteiger partial charge on any atom is 0.283 e. The minimum absolute atomic E-state index is 0.245. The van der Waals surface area contributed by atoms with Gasteiger partial charge in [0, 0.05) is 20.1 Å². The summed E-state index contributed by atoms with van der Waals surface area (Å²) in [6.45, 7) is 6.42. The Balaban J connectivity index is 2.42. The highest BCUT2D eigenvalue weighted by Gasteiger charge is 2.31. The summed E-state index contributed by atoms with van der Waals surface area (Å²) in [4.78, 5) is 14.3. The van der Waals surface area contributed by atoms with Crippen LogP contribution >= 0.6 is 0 Å². The molecule has 1 aromatic carbocycles. The minimum atomic E-state index is -3.02. The monoisotopic (exact) mass is 367 g/mol. The van der Waals surface area contributed by atoms with E-state index in [1.807, 2.05) is 39.0 Å². The first-order valence-corrected chi connectivity index (χ1v) is 8.68. The van der Waals surface area contributed by atoms with Crippen molar-refractivity contribution in [2.24, 2.45) is 7.05 Å². The minimum Gasteiger partial charge on any atom is -0.334 e. The highest BCUT2D eigenvalue weighted by Crippen LogP contribution is 2.26. The van der Waals surface area contributed by atoms with Crippen LogP contribution in [0, 0.1) is 12.9 Å². The molecule has 4 nitrogen and oxygen atoms in total. The van der Waals surface area contributed by atoms with Crippen molar-refractivity contribution in [1.82, 2.24) is 14.7 Å². The van der Waals surface area contributed by atoms with E-state index in [1.54, 1.807) is 0 Å². The van der Waals surface area contributed by atoms with E-state index >= 15 is 0 Å². The van der Waals surface area contributed by atoms with E-state index in [0.717, 1.165) is 23.1 Å². The number of alkyl halides is 2. The maximum absolute atomic E-state index is 14.3. The number of hydrogen-bond donors (Lipinski definition) is 0. The third-order valence-corrected chi connectivity index (χ3v) is 4.31. The van der Waals surface area contributed by atoms with Crippen LogP contribution in [-0.4, -0.2) is 27.1 Å². The molecule has 142 valence electrons. The number of aromatic nitrogens is 2. The van der Waals surface area contributed by atoms with Gasteiger partial charge in [0.15, 0.2) is 0 Å². The predicted molar refractivity (Wildman–Crippen MR) is 93.7 cm³/mol. The molecule has 1 aromatic heterocycles. The standard InChI is InChI=1S/C19H24F3N3O/c1-5-9-25(11-14-10-12(3)7-8-13(14)6-2)19(26)15-16(17(20)21)23-24(4)18(15)22/h7-8,10,17H,5-6,9,11H2,1-4H3. The van der Waals surface area contributed by atoms with Crippen LogP contribution in [0.25, 0.3) is 0 Å². The number of hydrogen-bond acceptors (Lipinski definition) is 2. The van der Waals surface area contributed by atoms with E-state index < -0.39 is 29.5 Å². The SMILES string of the molecule is CCCN(Cc1cc(C)ccc1CC)C(=O)c1c(C(F)F)nn(C)c1F. The van der Waals surface area contributed by atoms with Crippen LogP contribution in [0.1, 0.15) is 59.4 Å². The fourth-order valence-electron chi connectivity index (χ4n) is 3.01. The molecule has 0 aliphatic heterocycles. The van der Waals surface area contributed by atoms with Gasteiger partial charge in [0.05, 0.1) is 0 Å². The Hall–Kier alpha value is -2.31. The molecule has 0 spiro atoms. The van der Waals surface area contributed by atoms with Crippen molar-refractivity contribution in [3.8, 4) is 0 Å². The number of carbonyl (C=O) groups excluding carboxylic acids is 1. The molecule has 0 aliphatic rings. The van der Waals surface area contributed by atoms with Gasteiger partial charge < -0.3 is 4.90 Å². The highest BCUT2D eigenvalue weighted by molar-refractivity contribution is 5.95. The molecule has 0 saturated heterocycles. The second kappa shape index (κ2) is 8.38. The average molecular weight is 367 g/mol. The van der Waals surface area contributed by atoms with Crippen molar-refractivity contribution in [2.75, 3.05) is 6.54 Å². The smallest absolute Gasteiger partial charge is 0.283 e. The van der Waals surface area contributed by atoms with Crippen LogP contribution in [-0.2, 0) is 20.0 Å². The molecule has 0 saturated carbocycles. The Morgan fingerprint density at radius 3 is 2.54 bits per heavy atom. The third kappa shape index (κ3) is 4.08. The van der Waals surface area contributed by atoms with E-state index in [1.165, 1.54) is 11.9 Å². The van der Waals surface area contributed by atoms with Crippen molar-refractivity contribution < 1.29 is 18.0 Å². The predicted octanol–water partition coefficient (Wildman–Crippen LogP) is 4.42. The lowest BCUT2D eigenvalue weighted by atomic mass is 10.0. The van der Waals surface area contributed by atoms with Crippen LogP contribution < -0.4 is 0 Å². The maximum atomic E-state index is 14.3. The molecule has 2 aromatic rings. The first-order chi connectivity index (χ1) is 12.3. The summed E-state index contributed by atoms with van der Waals surface area (Å²) in [5.41, 5.74) is 1.61. The summed E-state index contributed by atoms with van der Waals surface area (Å²) in [6.07, 6.45) is -1.60. The Bertz CT molecular complexity index is 787. The molecule has 0 atom stereocenters. The molecule has 7 heteroatoms. The van der Waals surface area contributed by atoms with Gasteiger partial charge in [0.2, 0.25) is 5.95 Å². The molecule has 0 fully saturated rings. The number of benzene rings is 1. The number of amides is 1. The zero-order valence-electron chi connectivity index (χ0n) is 15.5. The molecular weight excluding hydrogens is 343 g/mol. The van der Waals surface area contributed by atoms with Gasteiger partial charge >= 0.3 is 0 Å². The van der Waals surface area contributed by atoms with Gasteiger partial charge in [-0.05, 0) is 30.9 Å². The van der Waals surface area contributed by atoms with Crippen molar-refractivity contribution in [1.29, 1.82) is 0 Å². The van der Waals surface area contributed by atoms with E-state index in [2.05, 4.69) is 5.10 Å². The fraction of sp³-hybridized carbons (Fsp3) is 0.474. The van der Waals surface area contributed by atoms with Gasteiger partial charge in [0.25, 0.3) is 12.3 Å². The normalized spacial score (nSPS) is 11.2. The average Bonchev–Trinajstić information content (AvgIpc) is 2.89. The number of rotatable bonds is 7. The third-order valence-electron chi connectivity index (χ3n) is 4.31. The molecule has 26 heavy (non-hydrogen) atoms. The Kier molecular flexibility index (Phi) is 6.45. The van der Waals surface area contributed by atoms with Crippen LogP contribution in [0.4, 0.5) is 13.2 Å². The largest absolute Gasteiger partial charge is 0.334 e. The topological polar surface area (TPSA) is 38.1 Å².